The fourth-order valence-electron chi connectivity index (χ4n) is 1.93. The number of aromatic nitrogens is 1. The number of carbonyl (C=O) groups is 1. The molecule has 0 saturated carbocycles. The molecule has 0 spiro atoms. The molecule has 1 aromatic heterocycles. The fraction of sp³-hybridized carbons (Fsp3) is 0.625. The van der Waals surface area contributed by atoms with E-state index in [2.05, 4.69) is 22.5 Å². The lowest BCUT2D eigenvalue weighted by Crippen LogP contribution is -2.32. The minimum atomic E-state index is -0.0850. The summed E-state index contributed by atoms with van der Waals surface area (Å²) < 4.78 is 5.41. The number of pyridine rings is 1. The molecule has 0 fully saturated rings. The molecule has 21 heavy (non-hydrogen) atoms. The van der Waals surface area contributed by atoms with Crippen molar-refractivity contribution in [1.82, 2.24) is 10.3 Å². The third-order valence-electron chi connectivity index (χ3n) is 3.06. The molecule has 0 bridgehead atoms. The van der Waals surface area contributed by atoms with E-state index in [4.69, 9.17) is 4.74 Å². The predicted molar refractivity (Wildman–Crippen MR) is 85.8 cm³/mol. The highest BCUT2D eigenvalue weighted by Crippen LogP contribution is 2.11. The Balaban J connectivity index is 2.73. The molecule has 0 aliphatic carbocycles. The maximum atomic E-state index is 12.2. The molecule has 5 nitrogen and oxygen atoms in total. The van der Waals surface area contributed by atoms with Crippen LogP contribution in [0.4, 0.5) is 5.82 Å². The third kappa shape index (κ3) is 6.12. The molecular formula is C16H27N3O2. The fourth-order valence-corrected chi connectivity index (χ4v) is 1.93. The molecule has 118 valence electrons. The lowest BCUT2D eigenvalue weighted by atomic mass is 10.1. The second kappa shape index (κ2) is 9.34. The van der Waals surface area contributed by atoms with Crippen molar-refractivity contribution in [3.05, 3.63) is 23.4 Å². The summed E-state index contributed by atoms with van der Waals surface area (Å²) >= 11 is 0. The summed E-state index contributed by atoms with van der Waals surface area (Å²) in [6, 6.07) is 3.65. The summed E-state index contributed by atoms with van der Waals surface area (Å²) in [5.74, 6) is 0.678. The van der Waals surface area contributed by atoms with E-state index in [9.17, 15) is 4.79 Å². The SMILES string of the molecule is CCCNc1cc(C(=O)NCC(C)OCC)cc(CC)n1. The summed E-state index contributed by atoms with van der Waals surface area (Å²) in [6.45, 7) is 10.0. The second-order valence-corrected chi connectivity index (χ2v) is 4.99. The Labute approximate surface area is 127 Å². The Kier molecular flexibility index (Phi) is 7.75. The average molecular weight is 293 g/mol. The first kappa shape index (κ1) is 17.4. The Morgan fingerprint density at radius 3 is 2.71 bits per heavy atom. The molecule has 0 radical (unpaired) electrons. The first-order valence-corrected chi connectivity index (χ1v) is 7.75. The molecule has 1 amide bonds. The third-order valence-corrected chi connectivity index (χ3v) is 3.06. The number of rotatable bonds is 9. The number of ether oxygens (including phenoxy) is 1. The van der Waals surface area contributed by atoms with Gasteiger partial charge in [-0.3, -0.25) is 4.79 Å². The Hall–Kier alpha value is -1.62. The molecule has 1 unspecified atom stereocenters. The first-order chi connectivity index (χ1) is 10.1. The van der Waals surface area contributed by atoms with Crippen LogP contribution in [0.25, 0.3) is 0 Å². The lowest BCUT2D eigenvalue weighted by Gasteiger charge is -2.13. The number of aryl methyl sites for hydroxylation is 1. The van der Waals surface area contributed by atoms with Gasteiger partial charge in [-0.25, -0.2) is 4.98 Å². The molecular weight excluding hydrogens is 266 g/mol. The maximum Gasteiger partial charge on any atom is 0.251 e. The Morgan fingerprint density at radius 1 is 1.33 bits per heavy atom. The molecule has 0 aliphatic rings. The van der Waals surface area contributed by atoms with Gasteiger partial charge < -0.3 is 15.4 Å². The van der Waals surface area contributed by atoms with Crippen molar-refractivity contribution < 1.29 is 9.53 Å². The zero-order chi connectivity index (χ0) is 15.7. The van der Waals surface area contributed by atoms with Gasteiger partial charge in [0.2, 0.25) is 0 Å². The van der Waals surface area contributed by atoms with Crippen molar-refractivity contribution in [3.63, 3.8) is 0 Å². The van der Waals surface area contributed by atoms with E-state index >= 15 is 0 Å². The van der Waals surface area contributed by atoms with Crippen LogP contribution in [0, 0.1) is 0 Å². The van der Waals surface area contributed by atoms with Crippen LogP contribution in [0.15, 0.2) is 12.1 Å². The normalized spacial score (nSPS) is 12.0. The van der Waals surface area contributed by atoms with E-state index in [0.717, 1.165) is 30.9 Å². The number of amides is 1. The largest absolute Gasteiger partial charge is 0.377 e. The molecule has 1 rings (SSSR count). The van der Waals surface area contributed by atoms with Crippen molar-refractivity contribution in [2.75, 3.05) is 25.0 Å². The van der Waals surface area contributed by atoms with Gasteiger partial charge >= 0.3 is 0 Å². The summed E-state index contributed by atoms with van der Waals surface area (Å²) in [5, 5.41) is 6.13. The minimum absolute atomic E-state index is 0.0177. The Bertz CT molecular complexity index is 449. The molecule has 2 N–H and O–H groups in total. The Morgan fingerprint density at radius 2 is 2.10 bits per heavy atom. The van der Waals surface area contributed by atoms with Gasteiger partial charge in [0.25, 0.3) is 5.91 Å². The zero-order valence-corrected chi connectivity index (χ0v) is 13.5. The van der Waals surface area contributed by atoms with E-state index in [-0.39, 0.29) is 12.0 Å². The molecule has 1 atom stereocenters. The molecule has 0 aliphatic heterocycles. The average Bonchev–Trinajstić information content (AvgIpc) is 2.50. The first-order valence-electron chi connectivity index (χ1n) is 7.75. The van der Waals surface area contributed by atoms with E-state index in [1.165, 1.54) is 0 Å². The van der Waals surface area contributed by atoms with Gasteiger partial charge in [0.05, 0.1) is 6.10 Å². The smallest absolute Gasteiger partial charge is 0.251 e. The summed E-state index contributed by atoms with van der Waals surface area (Å²) in [7, 11) is 0. The second-order valence-electron chi connectivity index (χ2n) is 4.99. The van der Waals surface area contributed by atoms with Gasteiger partial charge in [-0.05, 0) is 38.8 Å². The molecule has 1 heterocycles. The predicted octanol–water partition coefficient (Wildman–Crippen LogP) is 2.62. The quantitative estimate of drug-likeness (QED) is 0.734. The summed E-state index contributed by atoms with van der Waals surface area (Å²) in [5.41, 5.74) is 1.56. The van der Waals surface area contributed by atoms with Crippen LogP contribution in [0.5, 0.6) is 0 Å². The summed E-state index contributed by atoms with van der Waals surface area (Å²) in [6.07, 6.45) is 1.84. The van der Waals surface area contributed by atoms with Crippen LogP contribution < -0.4 is 10.6 Å². The number of nitrogens with zero attached hydrogens (tertiary/aromatic N) is 1. The monoisotopic (exact) mass is 293 g/mol. The molecule has 5 heteroatoms. The van der Waals surface area contributed by atoms with Crippen LogP contribution in [0.2, 0.25) is 0 Å². The van der Waals surface area contributed by atoms with Gasteiger partial charge in [-0.1, -0.05) is 13.8 Å². The van der Waals surface area contributed by atoms with E-state index in [1.54, 1.807) is 6.07 Å². The van der Waals surface area contributed by atoms with Gasteiger partial charge in [-0.15, -0.1) is 0 Å². The maximum absolute atomic E-state index is 12.2. The van der Waals surface area contributed by atoms with Gasteiger partial charge in [0.1, 0.15) is 5.82 Å². The van der Waals surface area contributed by atoms with E-state index in [0.29, 0.717) is 18.7 Å². The molecule has 0 aromatic carbocycles. The highest BCUT2D eigenvalue weighted by Gasteiger charge is 2.10. The number of anilines is 1. The van der Waals surface area contributed by atoms with Crippen molar-refractivity contribution in [1.29, 1.82) is 0 Å². The highest BCUT2D eigenvalue weighted by molar-refractivity contribution is 5.95. The van der Waals surface area contributed by atoms with E-state index < -0.39 is 0 Å². The number of hydrogen-bond donors (Lipinski definition) is 2. The molecule has 1 aromatic rings. The van der Waals surface area contributed by atoms with Crippen LogP contribution in [0.3, 0.4) is 0 Å². The van der Waals surface area contributed by atoms with Crippen LogP contribution in [-0.2, 0) is 11.2 Å². The van der Waals surface area contributed by atoms with Crippen molar-refractivity contribution >= 4 is 11.7 Å². The lowest BCUT2D eigenvalue weighted by molar-refractivity contribution is 0.0695. The van der Waals surface area contributed by atoms with Crippen LogP contribution in [-0.4, -0.2) is 36.7 Å². The topological polar surface area (TPSA) is 63.2 Å². The summed E-state index contributed by atoms with van der Waals surface area (Å²) in [4.78, 5) is 16.7. The highest BCUT2D eigenvalue weighted by atomic mass is 16.5. The number of carbonyl (C=O) groups excluding carboxylic acids is 1. The minimum Gasteiger partial charge on any atom is -0.377 e. The standard InChI is InChI=1S/C16H27N3O2/c1-5-8-17-15-10-13(9-14(6-2)19-15)16(20)18-11-12(4)21-7-3/h9-10,12H,5-8,11H2,1-4H3,(H,17,19)(H,18,20). The van der Waals surface area contributed by atoms with Crippen LogP contribution in [0.1, 0.15) is 50.2 Å². The number of nitrogens with one attached hydrogen (secondary N) is 2. The van der Waals surface area contributed by atoms with Gasteiger partial charge in [0, 0.05) is 31.0 Å². The van der Waals surface area contributed by atoms with Gasteiger partial charge in [0.15, 0.2) is 0 Å². The van der Waals surface area contributed by atoms with Gasteiger partial charge in [-0.2, -0.15) is 0 Å². The van der Waals surface area contributed by atoms with Crippen molar-refractivity contribution in [2.45, 2.75) is 46.6 Å². The number of hydrogen-bond acceptors (Lipinski definition) is 4. The van der Waals surface area contributed by atoms with Crippen molar-refractivity contribution in [3.8, 4) is 0 Å². The zero-order valence-electron chi connectivity index (χ0n) is 13.5. The van der Waals surface area contributed by atoms with Crippen LogP contribution >= 0.6 is 0 Å². The molecule has 0 saturated heterocycles. The van der Waals surface area contributed by atoms with E-state index in [1.807, 2.05) is 26.8 Å². The van der Waals surface area contributed by atoms with Crippen molar-refractivity contribution in [2.24, 2.45) is 0 Å².